The van der Waals surface area contributed by atoms with Gasteiger partial charge < -0.3 is 14.9 Å². The molecule has 2 atom stereocenters. The largest absolute Gasteiger partial charge is 0.507 e. The number of aryl methyl sites for hydroxylation is 1. The molecule has 0 spiro atoms. The molecule has 2 aromatic heterocycles. The lowest BCUT2D eigenvalue weighted by Crippen LogP contribution is -2.60. The number of phenolic OH excluding ortho intramolecular Hbond substituents is 1. The number of piperazine rings is 1. The first-order valence-electron chi connectivity index (χ1n) is 14.5. The summed E-state index contributed by atoms with van der Waals surface area (Å²) in [6, 6.07) is 3.54. The Balaban J connectivity index is 1.84. The number of aromatic hydroxyl groups is 1. The van der Waals surface area contributed by atoms with Crippen LogP contribution in [0.4, 0.5) is 14.6 Å². The van der Waals surface area contributed by atoms with Gasteiger partial charge in [-0.25, -0.2) is 22.0 Å². The zero-order valence-electron chi connectivity index (χ0n) is 25.4. The van der Waals surface area contributed by atoms with Crippen molar-refractivity contribution in [2.45, 2.75) is 50.6 Å². The Morgan fingerprint density at radius 1 is 1.20 bits per heavy atom. The molecule has 1 amide bonds. The van der Waals surface area contributed by atoms with E-state index < -0.39 is 83.2 Å². The van der Waals surface area contributed by atoms with Crippen molar-refractivity contribution in [3.05, 3.63) is 81.5 Å². The molecule has 1 N–H and O–H groups in total. The van der Waals surface area contributed by atoms with Crippen LogP contribution in [0.15, 0.2) is 52.8 Å². The molecule has 2 unspecified atom stereocenters. The molecule has 6 rings (SSSR count). The van der Waals surface area contributed by atoms with Gasteiger partial charge in [-0.15, -0.1) is 0 Å². The van der Waals surface area contributed by atoms with Gasteiger partial charge in [0.15, 0.2) is 15.7 Å². The average molecular weight is 670 g/mol. The van der Waals surface area contributed by atoms with Crippen LogP contribution in [0.5, 0.6) is 5.75 Å². The maximum absolute atomic E-state index is 17.3. The second-order valence-electron chi connectivity index (χ2n) is 11.9. The summed E-state index contributed by atoms with van der Waals surface area (Å²) in [6.07, 6.45) is 2.67. The fourth-order valence-corrected chi connectivity index (χ4v) is 8.99. The van der Waals surface area contributed by atoms with Crippen molar-refractivity contribution < 1.29 is 27.1 Å². The van der Waals surface area contributed by atoms with Crippen molar-refractivity contribution >= 4 is 44.1 Å². The molecule has 4 heterocycles. The topological polar surface area (TPSA) is 126 Å². The number of carbonyl (C=O) groups excluding carboxylic acids is 1. The van der Waals surface area contributed by atoms with Gasteiger partial charge in [0.25, 0.3) is 0 Å². The molecule has 46 heavy (non-hydrogen) atoms. The predicted octanol–water partition coefficient (Wildman–Crippen LogP) is 4.90. The van der Waals surface area contributed by atoms with Gasteiger partial charge in [0.2, 0.25) is 5.91 Å². The number of sulfone groups is 1. The number of halogens is 3. The van der Waals surface area contributed by atoms with E-state index in [0.717, 1.165) is 22.8 Å². The summed E-state index contributed by atoms with van der Waals surface area (Å²) in [5, 5.41) is 9.79. The van der Waals surface area contributed by atoms with Crippen molar-refractivity contribution in [2.75, 3.05) is 23.7 Å². The lowest BCUT2D eigenvalue weighted by molar-refractivity contribution is -0.128. The zero-order chi connectivity index (χ0) is 33.4. The fraction of sp³-hybridized carbons (Fsp3) is 0.312. The van der Waals surface area contributed by atoms with Crippen LogP contribution in [0.2, 0.25) is 5.02 Å². The van der Waals surface area contributed by atoms with Crippen LogP contribution in [-0.4, -0.2) is 69.8 Å². The smallest absolute Gasteiger partial charge is 0.354 e. The molecular formula is C32H30ClF2N5O5S. The predicted molar refractivity (Wildman–Crippen MR) is 171 cm³/mol. The standard InChI is InChI=1S/C32H30ClF2N5O5S/c1-6-21(42)38-13-18-14-46(44,45)30-24-29(26(35)23(25(30)33)22-19(34)8-7-9-20(22)41)40(28-16(4)10-11-36-27(28)15(2)3)32(43)37-31(24)39(18)12-17(38)5/h6-11,15,17-18,41H,1,12-14H2,2-5H3. The minimum absolute atomic E-state index is 0.0585. The summed E-state index contributed by atoms with van der Waals surface area (Å²) in [6.45, 7) is 10.6. The van der Waals surface area contributed by atoms with E-state index >= 15 is 8.78 Å². The number of rotatable bonds is 4. The molecule has 2 aromatic carbocycles. The van der Waals surface area contributed by atoms with E-state index in [1.807, 2.05) is 13.8 Å². The molecule has 10 nitrogen and oxygen atoms in total. The first-order chi connectivity index (χ1) is 21.7. The number of nitrogens with zero attached hydrogens (tertiary/aromatic N) is 5. The Morgan fingerprint density at radius 2 is 1.91 bits per heavy atom. The molecule has 0 radical (unpaired) electrons. The lowest BCUT2D eigenvalue weighted by atomic mass is 9.99. The third-order valence-electron chi connectivity index (χ3n) is 8.61. The van der Waals surface area contributed by atoms with Crippen LogP contribution in [0, 0.1) is 18.6 Å². The summed E-state index contributed by atoms with van der Waals surface area (Å²) in [5.74, 6) is -4.37. The van der Waals surface area contributed by atoms with E-state index in [4.69, 9.17) is 11.6 Å². The number of aromatic nitrogens is 3. The minimum Gasteiger partial charge on any atom is -0.507 e. The van der Waals surface area contributed by atoms with Gasteiger partial charge in [0.05, 0.1) is 49.6 Å². The summed E-state index contributed by atoms with van der Waals surface area (Å²) < 4.78 is 62.5. The van der Waals surface area contributed by atoms with Crippen molar-refractivity contribution in [2.24, 2.45) is 0 Å². The van der Waals surface area contributed by atoms with Gasteiger partial charge in [-0.1, -0.05) is 38.1 Å². The minimum atomic E-state index is -4.46. The van der Waals surface area contributed by atoms with Crippen LogP contribution in [-0.2, 0) is 14.6 Å². The maximum Gasteiger partial charge on any atom is 0.354 e. The first kappa shape index (κ1) is 31.6. The first-order valence-corrected chi connectivity index (χ1v) is 16.6. The second-order valence-corrected chi connectivity index (χ2v) is 14.2. The van der Waals surface area contributed by atoms with E-state index in [1.165, 1.54) is 11.0 Å². The number of pyridine rings is 1. The summed E-state index contributed by atoms with van der Waals surface area (Å²) in [7, 11) is -4.46. The zero-order valence-corrected chi connectivity index (χ0v) is 27.0. The number of carbonyl (C=O) groups is 1. The highest BCUT2D eigenvalue weighted by atomic mass is 35.5. The molecule has 1 fully saturated rings. The number of hydrogen-bond donors (Lipinski definition) is 1. The molecule has 4 aromatic rings. The van der Waals surface area contributed by atoms with Gasteiger partial charge in [0, 0.05) is 30.9 Å². The molecule has 14 heteroatoms. The van der Waals surface area contributed by atoms with Crippen LogP contribution >= 0.6 is 11.6 Å². The monoisotopic (exact) mass is 669 g/mol. The maximum atomic E-state index is 17.3. The fourth-order valence-electron chi connectivity index (χ4n) is 6.54. The quantitative estimate of drug-likeness (QED) is 0.240. The van der Waals surface area contributed by atoms with Crippen LogP contribution in [0.3, 0.4) is 0 Å². The molecule has 240 valence electrons. The Morgan fingerprint density at radius 3 is 2.57 bits per heavy atom. The number of benzene rings is 2. The molecular weight excluding hydrogens is 640 g/mol. The number of fused-ring (bicyclic) bond motifs is 2. The van der Waals surface area contributed by atoms with E-state index in [2.05, 4.69) is 16.5 Å². The van der Waals surface area contributed by atoms with Crippen molar-refractivity contribution in [3.8, 4) is 22.6 Å². The van der Waals surface area contributed by atoms with Gasteiger partial charge in [-0.05, 0) is 49.6 Å². The molecule has 0 aliphatic carbocycles. The summed E-state index contributed by atoms with van der Waals surface area (Å²) in [5.41, 5.74) is -1.73. The Hall–Kier alpha value is -4.36. The second kappa shape index (κ2) is 11.2. The third-order valence-corrected chi connectivity index (χ3v) is 11.0. The van der Waals surface area contributed by atoms with E-state index in [0.29, 0.717) is 11.3 Å². The Bertz CT molecular complexity index is 2130. The van der Waals surface area contributed by atoms with Crippen molar-refractivity contribution in [1.82, 2.24) is 19.4 Å². The number of amides is 1. The van der Waals surface area contributed by atoms with Crippen molar-refractivity contribution in [1.29, 1.82) is 0 Å². The van der Waals surface area contributed by atoms with Crippen molar-refractivity contribution in [3.63, 3.8) is 0 Å². The molecule has 2 aliphatic rings. The Labute approximate surface area is 268 Å². The summed E-state index contributed by atoms with van der Waals surface area (Å²) >= 11 is 6.79. The van der Waals surface area contributed by atoms with Crippen LogP contribution in [0.1, 0.15) is 37.9 Å². The Kier molecular flexibility index (Phi) is 7.67. The molecule has 0 bridgehead atoms. The molecule has 2 aliphatic heterocycles. The average Bonchev–Trinajstić information content (AvgIpc) is 3.07. The lowest BCUT2D eigenvalue weighted by Gasteiger charge is -2.44. The molecule has 0 saturated carbocycles. The highest BCUT2D eigenvalue weighted by Crippen LogP contribution is 2.49. The number of phenols is 1. The van der Waals surface area contributed by atoms with Crippen LogP contribution in [0.25, 0.3) is 27.7 Å². The number of hydrogen-bond acceptors (Lipinski definition) is 8. The summed E-state index contributed by atoms with van der Waals surface area (Å²) in [4.78, 5) is 38.2. The van der Waals surface area contributed by atoms with E-state index in [-0.39, 0.29) is 35.9 Å². The van der Waals surface area contributed by atoms with E-state index in [1.54, 1.807) is 31.0 Å². The van der Waals surface area contributed by atoms with Gasteiger partial charge in [-0.2, -0.15) is 4.98 Å². The third kappa shape index (κ3) is 4.66. The van der Waals surface area contributed by atoms with Gasteiger partial charge >= 0.3 is 5.69 Å². The number of anilines is 1. The SMILES string of the molecule is C=CC(=O)N1CC2CS(=O)(=O)c3c(Cl)c(-c4c(O)cccc4F)c(F)c4c3c(nc(=O)n4-c3c(C)ccnc3C(C)C)N2CC1C. The highest BCUT2D eigenvalue weighted by Gasteiger charge is 2.44. The highest BCUT2D eigenvalue weighted by molar-refractivity contribution is 7.91. The van der Waals surface area contributed by atoms with Crippen LogP contribution < -0.4 is 10.6 Å². The van der Waals surface area contributed by atoms with Gasteiger partial charge in [-0.3, -0.25) is 14.3 Å². The molecule has 1 saturated heterocycles. The van der Waals surface area contributed by atoms with Gasteiger partial charge in [0.1, 0.15) is 17.4 Å². The normalized spacial score (nSPS) is 18.9. The van der Waals surface area contributed by atoms with E-state index in [9.17, 15) is 23.1 Å².